The highest BCUT2D eigenvalue weighted by atomic mass is 32.2. The Labute approximate surface area is 209 Å². The lowest BCUT2D eigenvalue weighted by atomic mass is 9.91. The number of carbonyl (C=O) groups excluding carboxylic acids is 1. The number of aliphatic carboxylic acids is 1. The molecule has 2 aromatic carbocycles. The zero-order valence-electron chi connectivity index (χ0n) is 19.8. The Morgan fingerprint density at radius 3 is 2.29 bits per heavy atom. The van der Waals surface area contributed by atoms with Crippen LogP contribution >= 0.6 is 11.8 Å². The molecule has 3 rings (SSSR count). The molecule has 1 heterocycles. The van der Waals surface area contributed by atoms with Gasteiger partial charge >= 0.3 is 5.97 Å². The molecule has 0 unspecified atom stereocenters. The van der Waals surface area contributed by atoms with Crippen molar-refractivity contribution < 1.29 is 34.4 Å². The fraction of sp³-hybridized carbons (Fsp3) is 0.462. The quantitative estimate of drug-likeness (QED) is 0.322. The molecule has 1 amide bonds. The predicted molar refractivity (Wildman–Crippen MR) is 134 cm³/mol. The number of carbonyl (C=O) groups is 2. The van der Waals surface area contributed by atoms with Gasteiger partial charge in [0.05, 0.1) is 25.4 Å². The number of thioether (sulfide) groups is 1. The summed E-state index contributed by atoms with van der Waals surface area (Å²) in [4.78, 5) is 22.6. The number of ether oxygens (including phenoxy) is 2. The molecule has 8 nitrogen and oxygen atoms in total. The molecule has 4 N–H and O–H groups in total. The normalized spacial score (nSPS) is 22.0. The minimum absolute atomic E-state index is 0.0179. The molecule has 0 spiro atoms. The number of carboxylic acids is 1. The summed E-state index contributed by atoms with van der Waals surface area (Å²) in [5.74, 6) is 0.276. The van der Waals surface area contributed by atoms with Crippen molar-refractivity contribution in [2.24, 2.45) is 5.92 Å². The standard InChI is InChI=1S/C26H33NO7S/c1-17-22(16-35-14-13-28)33-26(34-25(17)19-7-5-18(15-29)6-8-19)20-9-11-21(12-10-20)27-23(30)3-2-4-24(31)32/h5-12,17,22,25-26,28-29H,2-4,13-16H2,1H3,(H,27,30)(H,31,32)/t17-,22+,25+,26+/m1/s1. The van der Waals surface area contributed by atoms with Crippen LogP contribution < -0.4 is 5.32 Å². The minimum Gasteiger partial charge on any atom is -0.481 e. The Kier molecular flexibility index (Phi) is 10.6. The maximum absolute atomic E-state index is 12.0. The van der Waals surface area contributed by atoms with Crippen LogP contribution in [-0.4, -0.2) is 51.4 Å². The highest BCUT2D eigenvalue weighted by Crippen LogP contribution is 2.42. The Balaban J connectivity index is 1.71. The first-order chi connectivity index (χ1) is 16.9. The number of rotatable bonds is 12. The van der Waals surface area contributed by atoms with Crippen molar-refractivity contribution in [1.82, 2.24) is 0 Å². The lowest BCUT2D eigenvalue weighted by Crippen LogP contribution is -2.38. The first-order valence-electron chi connectivity index (χ1n) is 11.7. The number of aliphatic hydroxyl groups is 2. The van der Waals surface area contributed by atoms with Gasteiger partial charge in [-0.2, -0.15) is 11.8 Å². The van der Waals surface area contributed by atoms with Crippen molar-refractivity contribution in [3.8, 4) is 0 Å². The van der Waals surface area contributed by atoms with Gasteiger partial charge in [-0.25, -0.2) is 0 Å². The lowest BCUT2D eigenvalue weighted by Gasteiger charge is -2.41. The predicted octanol–water partition coefficient (Wildman–Crippen LogP) is 3.89. The summed E-state index contributed by atoms with van der Waals surface area (Å²) in [5.41, 5.74) is 3.27. The summed E-state index contributed by atoms with van der Waals surface area (Å²) in [7, 11) is 0. The highest BCUT2D eigenvalue weighted by molar-refractivity contribution is 7.99. The monoisotopic (exact) mass is 503 g/mol. The largest absolute Gasteiger partial charge is 0.481 e. The summed E-state index contributed by atoms with van der Waals surface area (Å²) in [6, 6.07) is 14.9. The van der Waals surface area contributed by atoms with Gasteiger partial charge in [0.1, 0.15) is 0 Å². The summed E-state index contributed by atoms with van der Waals surface area (Å²) in [6.45, 7) is 2.19. The van der Waals surface area contributed by atoms with Gasteiger partial charge in [0.2, 0.25) is 5.91 Å². The molecule has 0 saturated carbocycles. The Bertz CT molecular complexity index is 951. The van der Waals surface area contributed by atoms with Crippen LogP contribution in [0.15, 0.2) is 48.5 Å². The molecule has 0 bridgehead atoms. The summed E-state index contributed by atoms with van der Waals surface area (Å²) < 4.78 is 12.7. The molecular formula is C26H33NO7S. The maximum atomic E-state index is 12.0. The molecule has 1 aliphatic rings. The van der Waals surface area contributed by atoms with Gasteiger partial charge in [-0.15, -0.1) is 0 Å². The fourth-order valence-corrected chi connectivity index (χ4v) is 4.83. The summed E-state index contributed by atoms with van der Waals surface area (Å²) >= 11 is 1.63. The van der Waals surface area contributed by atoms with Gasteiger partial charge in [0.15, 0.2) is 6.29 Å². The van der Waals surface area contributed by atoms with E-state index in [9.17, 15) is 14.7 Å². The minimum atomic E-state index is -0.917. The Morgan fingerprint density at radius 1 is 0.971 bits per heavy atom. The zero-order chi connectivity index (χ0) is 25.2. The molecule has 0 aromatic heterocycles. The van der Waals surface area contributed by atoms with E-state index in [0.29, 0.717) is 11.4 Å². The van der Waals surface area contributed by atoms with Crippen molar-refractivity contribution in [3.05, 3.63) is 65.2 Å². The molecule has 0 aliphatic carbocycles. The number of carboxylic acid groups (broad SMARTS) is 1. The second-order valence-corrected chi connectivity index (χ2v) is 9.69. The number of aliphatic hydroxyl groups excluding tert-OH is 2. The fourth-order valence-electron chi connectivity index (χ4n) is 3.92. The summed E-state index contributed by atoms with van der Waals surface area (Å²) in [6.07, 6.45) is -0.518. The van der Waals surface area contributed by atoms with Gasteiger partial charge in [-0.05, 0) is 29.7 Å². The van der Waals surface area contributed by atoms with Gasteiger partial charge in [0.25, 0.3) is 0 Å². The molecule has 2 aromatic rings. The first-order valence-corrected chi connectivity index (χ1v) is 12.9. The first kappa shape index (κ1) is 27.2. The van der Waals surface area contributed by atoms with E-state index in [-0.39, 0.29) is 56.5 Å². The third-order valence-electron chi connectivity index (χ3n) is 5.90. The second-order valence-electron chi connectivity index (χ2n) is 8.54. The van der Waals surface area contributed by atoms with Crippen LogP contribution in [0.4, 0.5) is 5.69 Å². The van der Waals surface area contributed by atoms with Gasteiger partial charge < -0.3 is 30.1 Å². The molecule has 190 valence electrons. The molecule has 4 atom stereocenters. The summed E-state index contributed by atoms with van der Waals surface area (Å²) in [5, 5.41) is 30.0. The van der Waals surface area contributed by atoms with E-state index < -0.39 is 12.3 Å². The molecule has 9 heteroatoms. The number of hydrogen-bond donors (Lipinski definition) is 4. The third-order valence-corrected chi connectivity index (χ3v) is 6.94. The van der Waals surface area contributed by atoms with Crippen LogP contribution in [0.3, 0.4) is 0 Å². The van der Waals surface area contributed by atoms with E-state index in [1.165, 1.54) is 0 Å². The molecule has 1 fully saturated rings. The third kappa shape index (κ3) is 8.05. The van der Waals surface area contributed by atoms with Crippen molar-refractivity contribution in [3.63, 3.8) is 0 Å². The highest BCUT2D eigenvalue weighted by Gasteiger charge is 2.38. The van der Waals surface area contributed by atoms with Gasteiger partial charge in [-0.1, -0.05) is 43.3 Å². The van der Waals surface area contributed by atoms with Gasteiger partial charge in [-0.3, -0.25) is 9.59 Å². The number of anilines is 1. The number of hydrogen-bond acceptors (Lipinski definition) is 7. The molecule has 1 saturated heterocycles. The van der Waals surface area contributed by atoms with Crippen LogP contribution in [0.1, 0.15) is 55.3 Å². The topological polar surface area (TPSA) is 125 Å². The Hall–Kier alpha value is -2.43. The number of nitrogens with one attached hydrogen (secondary N) is 1. The van der Waals surface area contributed by atoms with E-state index in [1.807, 2.05) is 36.4 Å². The average molecular weight is 504 g/mol. The molecule has 0 radical (unpaired) electrons. The van der Waals surface area contributed by atoms with Crippen LogP contribution in [0.2, 0.25) is 0 Å². The lowest BCUT2D eigenvalue weighted by molar-refractivity contribution is -0.268. The molecular weight excluding hydrogens is 470 g/mol. The van der Waals surface area contributed by atoms with Crippen molar-refractivity contribution in [2.45, 2.75) is 51.3 Å². The molecule has 1 aliphatic heterocycles. The van der Waals surface area contributed by atoms with Gasteiger partial charge in [0, 0.05) is 41.5 Å². The van der Waals surface area contributed by atoms with Crippen LogP contribution in [-0.2, 0) is 25.7 Å². The van der Waals surface area contributed by atoms with Crippen molar-refractivity contribution in [2.75, 3.05) is 23.4 Å². The SMILES string of the molecule is C[C@@H]1[C@H](CSCCO)O[C@H](c2ccc(NC(=O)CCCC(=O)O)cc2)O[C@@H]1c1ccc(CO)cc1. The van der Waals surface area contributed by atoms with Crippen molar-refractivity contribution >= 4 is 29.3 Å². The van der Waals surface area contributed by atoms with E-state index >= 15 is 0 Å². The van der Waals surface area contributed by atoms with Crippen LogP contribution in [0.25, 0.3) is 0 Å². The smallest absolute Gasteiger partial charge is 0.303 e. The van der Waals surface area contributed by atoms with E-state index in [4.69, 9.17) is 19.7 Å². The van der Waals surface area contributed by atoms with Crippen LogP contribution in [0, 0.1) is 5.92 Å². The van der Waals surface area contributed by atoms with E-state index in [0.717, 1.165) is 22.4 Å². The zero-order valence-corrected chi connectivity index (χ0v) is 20.6. The number of amides is 1. The number of benzene rings is 2. The van der Waals surface area contributed by atoms with Crippen LogP contribution in [0.5, 0.6) is 0 Å². The maximum Gasteiger partial charge on any atom is 0.303 e. The molecule has 35 heavy (non-hydrogen) atoms. The van der Waals surface area contributed by atoms with Crippen molar-refractivity contribution in [1.29, 1.82) is 0 Å². The Morgan fingerprint density at radius 2 is 1.66 bits per heavy atom. The van der Waals surface area contributed by atoms with E-state index in [2.05, 4.69) is 12.2 Å². The van der Waals surface area contributed by atoms with E-state index in [1.54, 1.807) is 23.9 Å². The second kappa shape index (κ2) is 13.6. The average Bonchev–Trinajstić information content (AvgIpc) is 2.85.